The molecule has 3 rings (SSSR count). The van der Waals surface area contributed by atoms with Crippen molar-refractivity contribution in [2.24, 2.45) is 0 Å². The highest BCUT2D eigenvalue weighted by Crippen LogP contribution is 2.37. The molecule has 1 heterocycles. The number of nitrogens with zero attached hydrogens (tertiary/aromatic N) is 3. The minimum atomic E-state index is -0.910. The van der Waals surface area contributed by atoms with Crippen LogP contribution in [0.15, 0.2) is 42.5 Å². The van der Waals surface area contributed by atoms with Gasteiger partial charge in [-0.15, -0.1) is 0 Å². The summed E-state index contributed by atoms with van der Waals surface area (Å²) in [7, 11) is 0. The number of rotatable bonds is 5. The lowest BCUT2D eigenvalue weighted by Crippen LogP contribution is -2.44. The predicted octanol–water partition coefficient (Wildman–Crippen LogP) is 4.61. The lowest BCUT2D eigenvalue weighted by Gasteiger charge is -2.29. The minimum Gasteiger partial charge on any atom is -0.491 e. The molecule has 0 aliphatic carbocycles. The van der Waals surface area contributed by atoms with E-state index in [4.69, 9.17) is 17.0 Å². The summed E-state index contributed by atoms with van der Waals surface area (Å²) >= 11 is 5.65. The van der Waals surface area contributed by atoms with Crippen molar-refractivity contribution in [3.63, 3.8) is 0 Å². The van der Waals surface area contributed by atoms with Gasteiger partial charge in [0.05, 0.1) is 16.7 Å². The van der Waals surface area contributed by atoms with E-state index in [1.807, 2.05) is 38.1 Å². The SMILES string of the molecule is Cc1cc(N2C(=O)C(C)(C)N(c3ccc(OC(C)C)cc3)C2=S)ccc1[N+](=O)[O-]. The Balaban J connectivity index is 1.98. The summed E-state index contributed by atoms with van der Waals surface area (Å²) in [5.41, 5.74) is 0.842. The number of aryl methyl sites for hydroxylation is 1. The normalized spacial score (nSPS) is 15.9. The number of amides is 1. The van der Waals surface area contributed by atoms with Gasteiger partial charge in [0.15, 0.2) is 5.11 Å². The first-order chi connectivity index (χ1) is 13.5. The number of hydrogen-bond donors (Lipinski definition) is 0. The smallest absolute Gasteiger partial charge is 0.272 e. The molecule has 29 heavy (non-hydrogen) atoms. The molecule has 0 aromatic heterocycles. The van der Waals surface area contributed by atoms with Crippen LogP contribution >= 0.6 is 12.2 Å². The Labute approximate surface area is 175 Å². The largest absolute Gasteiger partial charge is 0.491 e. The average molecular weight is 413 g/mol. The van der Waals surface area contributed by atoms with Crippen molar-refractivity contribution in [2.45, 2.75) is 46.3 Å². The monoisotopic (exact) mass is 413 g/mol. The molecule has 0 N–H and O–H groups in total. The highest BCUT2D eigenvalue weighted by Gasteiger charge is 2.50. The Morgan fingerprint density at radius 1 is 1.10 bits per heavy atom. The summed E-state index contributed by atoms with van der Waals surface area (Å²) in [4.78, 5) is 27.1. The van der Waals surface area contributed by atoms with E-state index < -0.39 is 10.5 Å². The molecule has 1 aliphatic rings. The van der Waals surface area contributed by atoms with Gasteiger partial charge >= 0.3 is 0 Å². The highest BCUT2D eigenvalue weighted by molar-refractivity contribution is 7.81. The van der Waals surface area contributed by atoms with Gasteiger partial charge in [-0.1, -0.05) is 0 Å². The fraction of sp³-hybridized carbons (Fsp3) is 0.333. The van der Waals surface area contributed by atoms with Crippen molar-refractivity contribution >= 4 is 40.3 Å². The van der Waals surface area contributed by atoms with Crippen LogP contribution in [-0.4, -0.2) is 27.6 Å². The van der Waals surface area contributed by atoms with Gasteiger partial charge in [-0.3, -0.25) is 19.8 Å². The number of hydrogen-bond acceptors (Lipinski definition) is 5. The Morgan fingerprint density at radius 3 is 2.21 bits per heavy atom. The van der Waals surface area contributed by atoms with E-state index in [0.29, 0.717) is 16.4 Å². The molecular formula is C21H23N3O4S. The first-order valence-electron chi connectivity index (χ1n) is 9.24. The van der Waals surface area contributed by atoms with Crippen LogP contribution in [-0.2, 0) is 4.79 Å². The van der Waals surface area contributed by atoms with Crippen LogP contribution in [0.3, 0.4) is 0 Å². The fourth-order valence-electron chi connectivity index (χ4n) is 3.39. The highest BCUT2D eigenvalue weighted by atomic mass is 32.1. The second-order valence-corrected chi connectivity index (χ2v) is 8.07. The maximum Gasteiger partial charge on any atom is 0.272 e. The number of nitro groups is 1. The second-order valence-electron chi connectivity index (χ2n) is 7.71. The lowest BCUT2D eigenvalue weighted by molar-refractivity contribution is -0.385. The molecule has 0 unspecified atom stereocenters. The summed E-state index contributed by atoms with van der Waals surface area (Å²) in [6.45, 7) is 9.16. The molecule has 2 aromatic carbocycles. The zero-order valence-electron chi connectivity index (χ0n) is 17.0. The molecule has 0 spiro atoms. The van der Waals surface area contributed by atoms with Crippen LogP contribution in [0.25, 0.3) is 0 Å². The number of benzene rings is 2. The van der Waals surface area contributed by atoms with E-state index in [0.717, 1.165) is 11.4 Å². The maximum absolute atomic E-state index is 13.2. The third-order valence-electron chi connectivity index (χ3n) is 4.77. The molecular weight excluding hydrogens is 390 g/mol. The fourth-order valence-corrected chi connectivity index (χ4v) is 3.91. The van der Waals surface area contributed by atoms with Crippen molar-refractivity contribution in [1.29, 1.82) is 0 Å². The number of carbonyl (C=O) groups is 1. The van der Waals surface area contributed by atoms with Gasteiger partial charge < -0.3 is 9.64 Å². The molecule has 0 saturated carbocycles. The van der Waals surface area contributed by atoms with E-state index >= 15 is 0 Å². The van der Waals surface area contributed by atoms with Crippen LogP contribution in [0.4, 0.5) is 17.1 Å². The van der Waals surface area contributed by atoms with E-state index in [-0.39, 0.29) is 17.7 Å². The summed E-state index contributed by atoms with van der Waals surface area (Å²) in [6.07, 6.45) is 0.0626. The maximum atomic E-state index is 13.2. The van der Waals surface area contributed by atoms with Gasteiger partial charge in [-0.25, -0.2) is 0 Å². The number of anilines is 2. The van der Waals surface area contributed by atoms with Gasteiger partial charge in [0.1, 0.15) is 11.3 Å². The minimum absolute atomic E-state index is 0.00294. The third-order valence-corrected chi connectivity index (χ3v) is 5.14. The van der Waals surface area contributed by atoms with Crippen molar-refractivity contribution in [3.05, 3.63) is 58.1 Å². The van der Waals surface area contributed by atoms with Crippen LogP contribution in [0.2, 0.25) is 0 Å². The van der Waals surface area contributed by atoms with Crippen molar-refractivity contribution in [1.82, 2.24) is 0 Å². The van der Waals surface area contributed by atoms with Crippen LogP contribution in [0.1, 0.15) is 33.3 Å². The van der Waals surface area contributed by atoms with Crippen molar-refractivity contribution in [2.75, 3.05) is 9.80 Å². The molecule has 1 amide bonds. The molecule has 1 aliphatic heterocycles. The molecule has 1 saturated heterocycles. The number of thiocarbonyl (C=S) groups is 1. The topological polar surface area (TPSA) is 75.9 Å². The Morgan fingerprint density at radius 2 is 1.69 bits per heavy atom. The average Bonchev–Trinajstić information content (AvgIpc) is 2.80. The van der Waals surface area contributed by atoms with Gasteiger partial charge in [0, 0.05) is 17.3 Å². The number of nitro benzene ring substituents is 1. The predicted molar refractivity (Wildman–Crippen MR) is 117 cm³/mol. The van der Waals surface area contributed by atoms with Crippen LogP contribution < -0.4 is 14.5 Å². The van der Waals surface area contributed by atoms with Gasteiger partial charge in [-0.2, -0.15) is 0 Å². The Hall–Kier alpha value is -3.00. The Kier molecular flexibility index (Phi) is 5.32. The molecule has 152 valence electrons. The molecule has 2 aromatic rings. The quantitative estimate of drug-likeness (QED) is 0.405. The molecule has 0 bridgehead atoms. The van der Waals surface area contributed by atoms with Gasteiger partial charge in [0.2, 0.25) is 0 Å². The number of ether oxygens (including phenoxy) is 1. The Bertz CT molecular complexity index is 986. The first kappa shape index (κ1) is 20.7. The second kappa shape index (κ2) is 7.44. The van der Waals surface area contributed by atoms with E-state index in [1.165, 1.54) is 11.0 Å². The van der Waals surface area contributed by atoms with E-state index in [9.17, 15) is 14.9 Å². The zero-order chi connectivity index (χ0) is 21.5. The molecule has 0 radical (unpaired) electrons. The summed E-state index contributed by atoms with van der Waals surface area (Å²) in [6, 6.07) is 12.0. The molecule has 8 heteroatoms. The molecule has 1 fully saturated rings. The van der Waals surface area contributed by atoms with E-state index in [1.54, 1.807) is 37.8 Å². The summed E-state index contributed by atoms with van der Waals surface area (Å²) in [5.74, 6) is 0.541. The third kappa shape index (κ3) is 3.67. The standard InChI is InChI=1S/C21H23N3O4S/c1-13(2)28-17-9-6-15(7-10-17)23-20(29)22(19(25)21(23,4)5)16-8-11-18(24(26)27)14(3)12-16/h6-13H,1-5H3. The molecule has 7 nitrogen and oxygen atoms in total. The van der Waals surface area contributed by atoms with E-state index in [2.05, 4.69) is 0 Å². The number of carbonyl (C=O) groups excluding carboxylic acids is 1. The summed E-state index contributed by atoms with van der Waals surface area (Å²) < 4.78 is 5.68. The molecule has 0 atom stereocenters. The zero-order valence-corrected chi connectivity index (χ0v) is 17.8. The van der Waals surface area contributed by atoms with Crippen molar-refractivity contribution in [3.8, 4) is 5.75 Å². The van der Waals surface area contributed by atoms with Gasteiger partial charge in [-0.05, 0) is 83.2 Å². The first-order valence-corrected chi connectivity index (χ1v) is 9.65. The lowest BCUT2D eigenvalue weighted by atomic mass is 10.0. The van der Waals surface area contributed by atoms with Crippen LogP contribution in [0, 0.1) is 17.0 Å². The van der Waals surface area contributed by atoms with Gasteiger partial charge in [0.25, 0.3) is 11.6 Å². The van der Waals surface area contributed by atoms with Crippen molar-refractivity contribution < 1.29 is 14.5 Å². The van der Waals surface area contributed by atoms with Crippen LogP contribution in [0.5, 0.6) is 5.75 Å². The summed E-state index contributed by atoms with van der Waals surface area (Å²) in [5, 5.41) is 11.4.